The number of thiophene rings is 1. The summed E-state index contributed by atoms with van der Waals surface area (Å²) in [6.45, 7) is 5.15. The number of aryl methyl sites for hydroxylation is 3. The van der Waals surface area contributed by atoms with Crippen LogP contribution in [0.25, 0.3) is 11.4 Å². The fourth-order valence-corrected chi connectivity index (χ4v) is 4.59. The third-order valence-electron chi connectivity index (χ3n) is 5.08. The molecule has 140 valence electrons. The average Bonchev–Trinajstić information content (AvgIpc) is 3.18. The molecule has 0 fully saturated rings. The molecule has 3 heterocycles. The molecule has 1 amide bonds. The maximum atomic E-state index is 12.5. The van der Waals surface area contributed by atoms with Crippen molar-refractivity contribution in [2.24, 2.45) is 0 Å². The summed E-state index contributed by atoms with van der Waals surface area (Å²) in [6.07, 6.45) is 5.56. The fourth-order valence-electron chi connectivity index (χ4n) is 3.58. The summed E-state index contributed by atoms with van der Waals surface area (Å²) in [4.78, 5) is 14.5. The number of hydrogen-bond donors (Lipinski definition) is 1. The smallest absolute Gasteiger partial charge is 0.265 e. The van der Waals surface area contributed by atoms with E-state index in [1.807, 2.05) is 30.3 Å². The number of hydrogen-bond acceptors (Lipinski definition) is 4. The van der Waals surface area contributed by atoms with Crippen molar-refractivity contribution in [3.63, 3.8) is 0 Å². The van der Waals surface area contributed by atoms with Crippen LogP contribution in [0, 0.1) is 6.92 Å². The number of carbonyl (C=O) groups is 1. The predicted octanol–water partition coefficient (Wildman–Crippen LogP) is 4.86. The van der Waals surface area contributed by atoms with E-state index in [9.17, 15) is 4.79 Å². The van der Waals surface area contributed by atoms with Gasteiger partial charge in [-0.25, -0.2) is 0 Å². The van der Waals surface area contributed by atoms with Gasteiger partial charge in [-0.3, -0.25) is 4.79 Å². The van der Waals surface area contributed by atoms with E-state index in [1.165, 1.54) is 29.7 Å². The highest BCUT2D eigenvalue weighted by Gasteiger charge is 2.16. The lowest BCUT2D eigenvalue weighted by Crippen LogP contribution is -2.10. The van der Waals surface area contributed by atoms with Crippen molar-refractivity contribution >= 4 is 22.9 Å². The van der Waals surface area contributed by atoms with Gasteiger partial charge >= 0.3 is 0 Å². The van der Waals surface area contributed by atoms with E-state index in [4.69, 9.17) is 0 Å². The first-order valence-corrected chi connectivity index (χ1v) is 10.4. The van der Waals surface area contributed by atoms with Gasteiger partial charge in [0.15, 0.2) is 5.82 Å². The van der Waals surface area contributed by atoms with Crippen LogP contribution in [-0.4, -0.2) is 20.7 Å². The lowest BCUT2D eigenvalue weighted by molar-refractivity contribution is 0.103. The summed E-state index contributed by atoms with van der Waals surface area (Å²) in [5.41, 5.74) is 3.02. The van der Waals surface area contributed by atoms with Crippen molar-refractivity contribution in [1.29, 1.82) is 0 Å². The van der Waals surface area contributed by atoms with Crippen molar-refractivity contribution in [2.75, 3.05) is 5.32 Å². The SMILES string of the molecule is CCc1sc(C(=O)Nc2ccc(-c3nnc4n3CCCCC4)cc2)cc1C. The van der Waals surface area contributed by atoms with Gasteiger partial charge in [0.05, 0.1) is 4.88 Å². The highest BCUT2D eigenvalue weighted by atomic mass is 32.1. The zero-order valence-electron chi connectivity index (χ0n) is 15.8. The summed E-state index contributed by atoms with van der Waals surface area (Å²) >= 11 is 1.57. The second kappa shape index (κ2) is 7.64. The zero-order chi connectivity index (χ0) is 18.8. The Kier molecular flexibility index (Phi) is 5.07. The molecule has 1 aromatic carbocycles. The van der Waals surface area contributed by atoms with Crippen LogP contribution < -0.4 is 5.32 Å². The first kappa shape index (κ1) is 17.9. The van der Waals surface area contributed by atoms with Gasteiger partial charge in [0, 0.05) is 29.1 Å². The molecule has 3 aromatic rings. The molecule has 1 aliphatic rings. The lowest BCUT2D eigenvalue weighted by Gasteiger charge is -2.08. The number of benzene rings is 1. The van der Waals surface area contributed by atoms with Crippen LogP contribution in [-0.2, 0) is 19.4 Å². The molecule has 0 atom stereocenters. The molecule has 2 aromatic heterocycles. The summed E-state index contributed by atoms with van der Waals surface area (Å²) in [6, 6.07) is 9.86. The standard InChI is InChI=1S/C21H24N4OS/c1-3-17-14(2)13-18(27-17)21(26)22-16-10-8-15(9-11-16)20-24-23-19-7-5-4-6-12-25(19)20/h8-11,13H,3-7,12H2,1-2H3,(H,22,26). The van der Waals surface area contributed by atoms with Crippen LogP contribution in [0.3, 0.4) is 0 Å². The van der Waals surface area contributed by atoms with Gasteiger partial charge in [-0.1, -0.05) is 13.3 Å². The van der Waals surface area contributed by atoms with Crippen LogP contribution >= 0.6 is 11.3 Å². The van der Waals surface area contributed by atoms with Crippen molar-refractivity contribution < 1.29 is 4.79 Å². The Labute approximate surface area is 163 Å². The molecule has 0 bridgehead atoms. The predicted molar refractivity (Wildman–Crippen MR) is 109 cm³/mol. The largest absolute Gasteiger partial charge is 0.321 e. The molecule has 0 spiro atoms. The third-order valence-corrected chi connectivity index (χ3v) is 6.46. The van der Waals surface area contributed by atoms with Gasteiger partial charge in [0.1, 0.15) is 5.82 Å². The number of rotatable bonds is 4. The van der Waals surface area contributed by atoms with Crippen molar-refractivity contribution in [3.05, 3.63) is 51.5 Å². The number of nitrogens with one attached hydrogen (secondary N) is 1. The Morgan fingerprint density at radius 3 is 2.74 bits per heavy atom. The van der Waals surface area contributed by atoms with E-state index in [1.54, 1.807) is 11.3 Å². The highest BCUT2D eigenvalue weighted by Crippen LogP contribution is 2.26. The minimum Gasteiger partial charge on any atom is -0.321 e. The number of aromatic nitrogens is 3. The van der Waals surface area contributed by atoms with E-state index >= 15 is 0 Å². The zero-order valence-corrected chi connectivity index (χ0v) is 16.6. The molecule has 0 radical (unpaired) electrons. The van der Waals surface area contributed by atoms with Gasteiger partial charge in [-0.05, 0) is 62.1 Å². The molecular formula is C21H24N4OS. The van der Waals surface area contributed by atoms with Crippen LogP contribution in [0.1, 0.15) is 52.1 Å². The summed E-state index contributed by atoms with van der Waals surface area (Å²) < 4.78 is 2.24. The molecule has 0 saturated heterocycles. The van der Waals surface area contributed by atoms with Gasteiger partial charge in [-0.15, -0.1) is 21.5 Å². The van der Waals surface area contributed by atoms with Crippen molar-refractivity contribution in [2.45, 2.75) is 52.5 Å². The summed E-state index contributed by atoms with van der Waals surface area (Å²) in [5, 5.41) is 11.8. The molecule has 1 aliphatic heterocycles. The number of nitrogens with zero attached hydrogens (tertiary/aromatic N) is 3. The normalized spacial score (nSPS) is 13.9. The third kappa shape index (κ3) is 3.67. The monoisotopic (exact) mass is 380 g/mol. The molecule has 0 unspecified atom stereocenters. The van der Waals surface area contributed by atoms with Gasteiger partial charge in [-0.2, -0.15) is 0 Å². The van der Waals surface area contributed by atoms with E-state index < -0.39 is 0 Å². The maximum Gasteiger partial charge on any atom is 0.265 e. The molecule has 0 aliphatic carbocycles. The topological polar surface area (TPSA) is 59.8 Å². The van der Waals surface area contributed by atoms with Crippen LogP contribution in [0.5, 0.6) is 0 Å². The summed E-state index contributed by atoms with van der Waals surface area (Å²) in [5.74, 6) is 1.96. The van der Waals surface area contributed by atoms with E-state index in [0.717, 1.165) is 47.2 Å². The number of carbonyl (C=O) groups excluding carboxylic acids is 1. The van der Waals surface area contributed by atoms with E-state index in [-0.39, 0.29) is 5.91 Å². The maximum absolute atomic E-state index is 12.5. The Bertz CT molecular complexity index is 955. The van der Waals surface area contributed by atoms with Crippen LogP contribution in [0.4, 0.5) is 5.69 Å². The first-order valence-electron chi connectivity index (χ1n) is 9.59. The lowest BCUT2D eigenvalue weighted by atomic mass is 10.2. The molecule has 4 rings (SSSR count). The molecular weight excluding hydrogens is 356 g/mol. The van der Waals surface area contributed by atoms with E-state index in [0.29, 0.717) is 0 Å². The van der Waals surface area contributed by atoms with Gasteiger partial charge < -0.3 is 9.88 Å². The molecule has 0 saturated carbocycles. The Hall–Kier alpha value is -2.47. The van der Waals surface area contributed by atoms with Crippen LogP contribution in [0.2, 0.25) is 0 Å². The average molecular weight is 381 g/mol. The minimum atomic E-state index is -0.0492. The number of amides is 1. The van der Waals surface area contributed by atoms with Crippen molar-refractivity contribution in [3.8, 4) is 11.4 Å². The van der Waals surface area contributed by atoms with Crippen LogP contribution in [0.15, 0.2) is 30.3 Å². The summed E-state index contributed by atoms with van der Waals surface area (Å²) in [7, 11) is 0. The highest BCUT2D eigenvalue weighted by molar-refractivity contribution is 7.14. The quantitative estimate of drug-likeness (QED) is 0.703. The second-order valence-electron chi connectivity index (χ2n) is 7.00. The number of anilines is 1. The Morgan fingerprint density at radius 1 is 1.19 bits per heavy atom. The Morgan fingerprint density at radius 2 is 2.00 bits per heavy atom. The first-order chi connectivity index (χ1) is 13.2. The Balaban J connectivity index is 1.51. The van der Waals surface area contributed by atoms with E-state index in [2.05, 4.69) is 33.9 Å². The second-order valence-corrected chi connectivity index (χ2v) is 8.14. The van der Waals surface area contributed by atoms with Gasteiger partial charge in [0.2, 0.25) is 0 Å². The fraction of sp³-hybridized carbons (Fsp3) is 0.381. The molecule has 1 N–H and O–H groups in total. The molecule has 6 heteroatoms. The van der Waals surface area contributed by atoms with Gasteiger partial charge in [0.25, 0.3) is 5.91 Å². The number of fused-ring (bicyclic) bond motifs is 1. The molecule has 27 heavy (non-hydrogen) atoms. The minimum absolute atomic E-state index is 0.0492. The van der Waals surface area contributed by atoms with Crippen molar-refractivity contribution in [1.82, 2.24) is 14.8 Å². The molecule has 5 nitrogen and oxygen atoms in total.